The monoisotopic (exact) mass is 667 g/mol. The van der Waals surface area contributed by atoms with Crippen LogP contribution in [0.2, 0.25) is 5.02 Å². The van der Waals surface area contributed by atoms with E-state index in [2.05, 4.69) is 35.3 Å². The maximum atomic E-state index is 13.1. The molecule has 0 radical (unpaired) electrons. The van der Waals surface area contributed by atoms with Crippen LogP contribution in [0, 0.1) is 5.41 Å². The minimum absolute atomic E-state index is 0.0494. The van der Waals surface area contributed by atoms with Crippen molar-refractivity contribution in [1.29, 1.82) is 0 Å². The molecule has 252 valence electrons. The fraction of sp³-hybridized carbons (Fsp3) is 0.417. The summed E-state index contributed by atoms with van der Waals surface area (Å²) in [5, 5.41) is 0.659. The maximum absolute atomic E-state index is 13.1. The van der Waals surface area contributed by atoms with Gasteiger partial charge in [0.25, 0.3) is 0 Å². The van der Waals surface area contributed by atoms with Crippen LogP contribution in [0.5, 0.6) is 0 Å². The van der Waals surface area contributed by atoms with Gasteiger partial charge in [-0.05, 0) is 35.1 Å². The highest BCUT2D eigenvalue weighted by Crippen LogP contribution is 2.47. The first-order valence-electron chi connectivity index (χ1n) is 15.6. The number of methoxy groups -OCH3 is 1. The Labute approximate surface area is 280 Å². The van der Waals surface area contributed by atoms with Gasteiger partial charge >= 0.3 is 17.9 Å². The molecular weight excluding hydrogens is 626 g/mol. The fourth-order valence-electron chi connectivity index (χ4n) is 5.46. The number of nitrogens with zero attached hydrogens (tertiary/aromatic N) is 1. The number of carbonyl (C=O) groups excluding carboxylic acids is 3. The Morgan fingerprint density at radius 1 is 0.745 bits per heavy atom. The van der Waals surface area contributed by atoms with Gasteiger partial charge in [0.05, 0.1) is 53.2 Å². The molecule has 2 aromatic carbocycles. The van der Waals surface area contributed by atoms with E-state index in [1.807, 2.05) is 42.5 Å². The number of aromatic nitrogens is 1. The smallest absolute Gasteiger partial charge is 0.331 e. The molecule has 0 fully saturated rings. The molecule has 2 heterocycles. The van der Waals surface area contributed by atoms with Gasteiger partial charge in [-0.2, -0.15) is 0 Å². The summed E-state index contributed by atoms with van der Waals surface area (Å²) in [6.45, 7) is 7.30. The van der Waals surface area contributed by atoms with Gasteiger partial charge in [-0.1, -0.05) is 67.9 Å². The Kier molecular flexibility index (Phi) is 13.6. The number of esters is 3. The predicted molar refractivity (Wildman–Crippen MR) is 177 cm³/mol. The van der Waals surface area contributed by atoms with Crippen molar-refractivity contribution >= 4 is 29.5 Å². The summed E-state index contributed by atoms with van der Waals surface area (Å²) in [4.78, 5) is 35.5. The number of carbonyl (C=O) groups is 3. The molecule has 11 heteroatoms. The van der Waals surface area contributed by atoms with Gasteiger partial charge in [0.2, 0.25) is 0 Å². The minimum Gasteiger partial charge on any atom is -0.466 e. The van der Waals surface area contributed by atoms with Crippen molar-refractivity contribution in [2.45, 2.75) is 33.2 Å². The first-order valence-corrected chi connectivity index (χ1v) is 15.9. The van der Waals surface area contributed by atoms with Crippen LogP contribution in [0.15, 0.2) is 66.7 Å². The van der Waals surface area contributed by atoms with Crippen LogP contribution in [-0.2, 0) is 62.2 Å². The van der Waals surface area contributed by atoms with Crippen molar-refractivity contribution in [3.05, 3.63) is 83.2 Å². The molecule has 1 aromatic heterocycles. The second-order valence-electron chi connectivity index (χ2n) is 11.7. The number of benzene rings is 2. The number of hydrogen-bond donors (Lipinski definition) is 0. The van der Waals surface area contributed by atoms with Crippen LogP contribution in [0.25, 0.3) is 22.3 Å². The molecule has 0 spiro atoms. The molecule has 4 rings (SSSR count). The zero-order chi connectivity index (χ0) is 33.6. The van der Waals surface area contributed by atoms with E-state index in [1.165, 1.54) is 12.8 Å². The molecule has 0 aliphatic carbocycles. The molecule has 0 atom stereocenters. The molecule has 0 bridgehead atoms. The van der Waals surface area contributed by atoms with Crippen molar-refractivity contribution in [3.8, 4) is 22.3 Å². The molecule has 0 unspecified atom stereocenters. The van der Waals surface area contributed by atoms with Gasteiger partial charge in [-0.3, -0.25) is 4.79 Å². The van der Waals surface area contributed by atoms with Gasteiger partial charge < -0.3 is 33.0 Å². The number of hydrogen-bond acceptors (Lipinski definition) is 9. The first kappa shape index (κ1) is 35.9. The van der Waals surface area contributed by atoms with Gasteiger partial charge in [-0.25, -0.2) is 9.59 Å². The van der Waals surface area contributed by atoms with Crippen LogP contribution in [0.4, 0.5) is 0 Å². The lowest BCUT2D eigenvalue weighted by Crippen LogP contribution is -2.18. The van der Waals surface area contributed by atoms with Crippen LogP contribution in [0.3, 0.4) is 0 Å². The van der Waals surface area contributed by atoms with E-state index < -0.39 is 11.9 Å². The number of ether oxygens (including phenoxy) is 6. The van der Waals surface area contributed by atoms with E-state index in [4.69, 9.17) is 35.3 Å². The van der Waals surface area contributed by atoms with Crippen LogP contribution >= 0.6 is 11.6 Å². The molecule has 0 saturated heterocycles. The molecule has 3 aromatic rings. The Morgan fingerprint density at radius 3 is 1.91 bits per heavy atom. The van der Waals surface area contributed by atoms with Gasteiger partial charge in [-0.15, -0.1) is 0 Å². The van der Waals surface area contributed by atoms with Crippen LogP contribution in [0.1, 0.15) is 25.2 Å². The number of halogens is 1. The average molecular weight is 668 g/mol. The normalized spacial score (nSPS) is 13.4. The third kappa shape index (κ3) is 10.8. The summed E-state index contributed by atoms with van der Waals surface area (Å²) in [5.74, 6) is -1.61. The van der Waals surface area contributed by atoms with Crippen molar-refractivity contribution < 1.29 is 42.8 Å². The standard InChI is InChI=1S/C36H42ClNO9/c1-36(2)24-30-35(26-7-5-4-6-8-26)34(27-9-11-28(37)12-10-27)29(38(30)25-36)23-33(41)47-22-20-45-18-16-43-15-17-44-19-21-46-32(40)14-13-31(39)42-3/h4-14H,15-25H2,1-3H3/b14-13+. The van der Waals surface area contributed by atoms with Crippen LogP contribution in [-0.4, -0.2) is 82.4 Å². The summed E-state index contributed by atoms with van der Waals surface area (Å²) in [6, 6.07) is 18.1. The minimum atomic E-state index is -0.657. The molecular formula is C36H42ClNO9. The summed E-state index contributed by atoms with van der Waals surface area (Å²) < 4.78 is 33.5. The van der Waals surface area contributed by atoms with E-state index in [0.717, 1.165) is 53.1 Å². The predicted octanol–water partition coefficient (Wildman–Crippen LogP) is 5.47. The maximum Gasteiger partial charge on any atom is 0.331 e. The van der Waals surface area contributed by atoms with E-state index in [1.54, 1.807) is 0 Å². The van der Waals surface area contributed by atoms with Crippen molar-refractivity contribution in [3.63, 3.8) is 0 Å². The largest absolute Gasteiger partial charge is 0.466 e. The lowest BCUT2D eigenvalue weighted by Gasteiger charge is -2.19. The van der Waals surface area contributed by atoms with Gasteiger partial charge in [0, 0.05) is 46.2 Å². The van der Waals surface area contributed by atoms with Crippen molar-refractivity contribution in [1.82, 2.24) is 4.57 Å². The van der Waals surface area contributed by atoms with E-state index in [-0.39, 0.29) is 44.2 Å². The van der Waals surface area contributed by atoms with E-state index in [9.17, 15) is 14.4 Å². The highest BCUT2D eigenvalue weighted by molar-refractivity contribution is 6.30. The summed E-state index contributed by atoms with van der Waals surface area (Å²) >= 11 is 6.23. The summed E-state index contributed by atoms with van der Waals surface area (Å²) in [7, 11) is 1.22. The van der Waals surface area contributed by atoms with E-state index >= 15 is 0 Å². The second-order valence-corrected chi connectivity index (χ2v) is 12.1. The van der Waals surface area contributed by atoms with Gasteiger partial charge in [0.15, 0.2) is 0 Å². The van der Waals surface area contributed by atoms with Crippen LogP contribution < -0.4 is 0 Å². The van der Waals surface area contributed by atoms with Gasteiger partial charge in [0.1, 0.15) is 13.2 Å². The molecule has 0 saturated carbocycles. The Balaban J connectivity index is 1.21. The quantitative estimate of drug-likeness (QED) is 0.0755. The SMILES string of the molecule is COC(=O)/C=C/C(=O)OCCOCCOCCOCCOC(=O)Cc1c(-c2ccc(Cl)cc2)c(-c2ccccc2)c2n1CC(C)(C)C2. The Hall–Kier alpha value is -3.96. The number of rotatable bonds is 18. The zero-order valence-electron chi connectivity index (χ0n) is 27.1. The first-order chi connectivity index (χ1) is 22.7. The van der Waals surface area contributed by atoms with E-state index in [0.29, 0.717) is 31.5 Å². The summed E-state index contributed by atoms with van der Waals surface area (Å²) in [5.41, 5.74) is 6.58. The Morgan fingerprint density at radius 2 is 1.30 bits per heavy atom. The van der Waals surface area contributed by atoms with Crippen molar-refractivity contribution in [2.24, 2.45) is 5.41 Å². The lowest BCUT2D eigenvalue weighted by molar-refractivity contribution is -0.144. The summed E-state index contributed by atoms with van der Waals surface area (Å²) in [6.07, 6.45) is 3.02. The zero-order valence-corrected chi connectivity index (χ0v) is 27.9. The molecule has 0 N–H and O–H groups in total. The fourth-order valence-corrected chi connectivity index (χ4v) is 5.58. The molecule has 47 heavy (non-hydrogen) atoms. The third-order valence-electron chi connectivity index (χ3n) is 7.48. The molecule has 1 aliphatic heterocycles. The Bertz CT molecular complexity index is 1510. The molecule has 0 amide bonds. The topological polar surface area (TPSA) is 112 Å². The second kappa shape index (κ2) is 17.8. The highest BCUT2D eigenvalue weighted by atomic mass is 35.5. The third-order valence-corrected chi connectivity index (χ3v) is 7.73. The molecule has 10 nitrogen and oxygen atoms in total. The van der Waals surface area contributed by atoms with Crippen molar-refractivity contribution in [2.75, 3.05) is 60.0 Å². The average Bonchev–Trinajstić information content (AvgIpc) is 3.52. The highest BCUT2D eigenvalue weighted by Gasteiger charge is 2.36. The lowest BCUT2D eigenvalue weighted by atomic mass is 9.86. The number of fused-ring (bicyclic) bond motifs is 1. The molecule has 1 aliphatic rings.